The van der Waals surface area contributed by atoms with E-state index in [-0.39, 0.29) is 154 Å². The number of aryl methyl sites for hydroxylation is 4. The Morgan fingerprint density at radius 3 is 1.17 bits per heavy atom. The first-order valence-electron chi connectivity index (χ1n) is 46.0. The normalized spacial score (nSPS) is 20.3. The highest BCUT2D eigenvalue weighted by Gasteiger charge is 2.48. The molecule has 6 aliphatic heterocycles. The number of carboxylic acid groups (broad SMARTS) is 1. The molecule has 6 aliphatic rings. The van der Waals surface area contributed by atoms with Gasteiger partial charge in [-0.1, -0.05) is 153 Å². The molecule has 33 heteroatoms. The van der Waals surface area contributed by atoms with Gasteiger partial charge in [0, 0.05) is 122 Å². The molecule has 6 saturated heterocycles. The average Bonchev–Trinajstić information content (AvgIpc) is 1.61. The number of unbranched alkanes of at least 4 members (excludes halogenated alkanes) is 4. The van der Waals surface area contributed by atoms with Gasteiger partial charge < -0.3 is 52.5 Å². The first-order valence-corrected chi connectivity index (χ1v) is 46.0. The van der Waals surface area contributed by atoms with Crippen LogP contribution in [-0.2, 0) is 98.9 Å². The number of nitrogens with zero attached hydrogens (tertiary/aromatic N) is 8. The molecule has 8 heterocycles. The summed E-state index contributed by atoms with van der Waals surface area (Å²) in [7, 11) is 3.34. The highest BCUT2D eigenvalue weighted by atomic mass is 16.4. The van der Waals surface area contributed by atoms with Crippen LogP contribution in [0.3, 0.4) is 0 Å². The molecule has 2 unspecified atom stereocenters. The second-order valence-electron chi connectivity index (χ2n) is 35.6. The number of nitrogens with two attached hydrogens (primary N) is 3. The van der Waals surface area contributed by atoms with Gasteiger partial charge in [-0.25, -0.2) is 9.59 Å². The van der Waals surface area contributed by atoms with Crippen molar-refractivity contribution < 1.29 is 77.0 Å². The number of piperidine rings is 2. The molecule has 11 N–H and O–H groups in total. The van der Waals surface area contributed by atoms with Crippen molar-refractivity contribution in [1.29, 1.82) is 0 Å². The first kappa shape index (κ1) is 97.7. The van der Waals surface area contributed by atoms with E-state index in [0.717, 1.165) is 78.8 Å². The molecular formula is C99H121N15O18. The smallest absolute Gasteiger partial charge is 0.329 e. The molecule has 0 aliphatic carbocycles. The van der Waals surface area contributed by atoms with Crippen LogP contribution in [0.1, 0.15) is 225 Å². The maximum atomic E-state index is 14.1. The highest BCUT2D eigenvalue weighted by molar-refractivity contribution is 6.02. The number of primary amides is 2. The number of fused-ring (bicyclic) bond motifs is 4. The van der Waals surface area contributed by atoms with E-state index in [1.54, 1.807) is 40.6 Å². The van der Waals surface area contributed by atoms with Gasteiger partial charge in [0.05, 0.1) is 40.1 Å². The van der Waals surface area contributed by atoms with E-state index in [0.29, 0.717) is 99.4 Å². The van der Waals surface area contributed by atoms with E-state index in [9.17, 15) is 76.7 Å². The lowest BCUT2D eigenvalue weighted by Crippen LogP contribution is -2.60. The minimum absolute atomic E-state index is 0.00767. The van der Waals surface area contributed by atoms with Crippen molar-refractivity contribution in [2.24, 2.45) is 37.2 Å². The molecule has 0 bridgehead atoms. The van der Waals surface area contributed by atoms with Crippen molar-refractivity contribution in [3.8, 4) is 0 Å². The van der Waals surface area contributed by atoms with Crippen LogP contribution in [0.4, 0.5) is 0 Å². The number of aromatic nitrogens is 4. The van der Waals surface area contributed by atoms with Crippen LogP contribution >= 0.6 is 0 Å². The predicted octanol–water partition coefficient (Wildman–Crippen LogP) is 7.16. The summed E-state index contributed by atoms with van der Waals surface area (Å²) in [4.78, 5) is 225. The molecule has 700 valence electrons. The largest absolute Gasteiger partial charge is 0.481 e. The van der Waals surface area contributed by atoms with Crippen LogP contribution in [-0.4, -0.2) is 200 Å². The van der Waals surface area contributed by atoms with Crippen LogP contribution in [0.5, 0.6) is 0 Å². The number of imidazole rings is 2. The summed E-state index contributed by atoms with van der Waals surface area (Å²) < 4.78 is 5.97. The lowest BCUT2D eigenvalue weighted by Gasteiger charge is -2.38. The zero-order valence-corrected chi connectivity index (χ0v) is 75.3. The molecular weight excluding hydrogens is 1690 g/mol. The maximum absolute atomic E-state index is 14.1. The average molecular weight is 1810 g/mol. The van der Waals surface area contributed by atoms with E-state index >= 15 is 0 Å². The zero-order chi connectivity index (χ0) is 94.6. The third kappa shape index (κ3) is 24.5. The fourth-order valence-electron chi connectivity index (χ4n) is 19.4. The Morgan fingerprint density at radius 1 is 0.447 bits per heavy atom. The Kier molecular flexibility index (Phi) is 33.7. The van der Waals surface area contributed by atoms with E-state index in [1.807, 2.05) is 158 Å². The number of ketones is 2. The Balaban J connectivity index is 0.000000229. The van der Waals surface area contributed by atoms with Crippen LogP contribution in [0, 0.1) is 5.92 Å². The molecule has 33 nitrogen and oxygen atoms in total. The number of hydrogen-bond donors (Lipinski definition) is 8. The van der Waals surface area contributed by atoms with Crippen molar-refractivity contribution >= 4 is 110 Å². The van der Waals surface area contributed by atoms with Crippen molar-refractivity contribution in [2.45, 2.75) is 247 Å². The Labute approximate surface area is 765 Å². The molecule has 14 rings (SSSR count). The third-order valence-corrected chi connectivity index (χ3v) is 26.4. The number of carbonyl (C=O) groups is 15. The predicted molar refractivity (Wildman–Crippen MR) is 491 cm³/mol. The van der Waals surface area contributed by atoms with Crippen LogP contribution in [0.15, 0.2) is 167 Å². The fraction of sp³-hybridized carbons (Fsp3) is 0.465. The van der Waals surface area contributed by atoms with Gasteiger partial charge in [-0.05, 0) is 160 Å². The van der Waals surface area contributed by atoms with Gasteiger partial charge >= 0.3 is 11.4 Å². The number of Topliss-reactive ketones (excluding diaryl/α,β-unsaturated/α-hetero) is 2. The SMILES string of the molecule is CC(=O)O.C[C@H]1CN(C(=O)CCCCCc2ccc3c(c2)n(C)c(=O)n3C2CCC(=O)NC2=O)CC[C@H]2CC[C@@H](C(=O)N[C@@H](CCC(N)=O)C(=O)CC(c3ccccc3)c3ccccc3)N2C1=O.Cn1c(=O)n(C2CCC(=O)NC2=O)c2ccc(CCCCCC(=O)N3CC[C@H]4CC[C@@H](C(=O)N[C@@H](CCC(N)=O)C(=O)CC(c5ccccc5)c5ccccc5)N4C(=O)[C@@H](N)C3)cc21. The lowest BCUT2D eigenvalue weighted by atomic mass is 9.85. The molecule has 132 heavy (non-hydrogen) atoms. The number of carboxylic acids is 1. The minimum atomic E-state index is -1.04. The maximum Gasteiger partial charge on any atom is 0.329 e. The van der Waals surface area contributed by atoms with Crippen molar-refractivity contribution in [1.82, 2.24) is 59.1 Å². The van der Waals surface area contributed by atoms with E-state index in [4.69, 9.17) is 27.1 Å². The minimum Gasteiger partial charge on any atom is -0.481 e. The molecule has 0 spiro atoms. The Morgan fingerprint density at radius 2 is 0.811 bits per heavy atom. The fourth-order valence-corrected chi connectivity index (χ4v) is 19.4. The molecule has 8 aromatic rings. The molecule has 6 aromatic carbocycles. The summed E-state index contributed by atoms with van der Waals surface area (Å²) in [5.41, 5.74) is 25.4. The number of rotatable bonds is 34. The standard InChI is InChI=1S/C49H59N7O8.C48H58N8O8.C2H4O2/c1-31-30-54(45(60)17-11-3-6-12-32-18-21-38-41(28-32)53(2)49(64)56(38)40-23-25-44(59)52-47(40)62)27-26-35-19-22-39(55(35)48(31)63)46(61)51-37(20-24-43(50)58)42(57)29-36(33-13-7-4-8-14-33)34-15-9-5-10-16-34;1-53-40-27-30(17-20-37(40)56(48(53)64)39-22-24-43(59)52-46(39)62)11-5-2-10-16-44(60)54-26-25-33-18-21-38(55(33)47(63)35(49)29-54)45(61)51-36(19-23-42(50)58)41(57)28-34(31-12-6-3-7-13-31)32-14-8-4-9-15-32;1-2(3)4/h4-5,7-10,13-16,18,21,28,31,35-37,39-40H,3,6,11-12,17,19-20,22-27,29-30H2,1-2H3,(H2,50,58)(H,51,61)(H,52,59,62);3-4,6-9,12-15,17,20,27,33-36,38-39H,2,5,10-11,16,18-19,21-26,28-29,49H2,1H3,(H2,50,58)(H,51,61)(H,52,59,62);1H3,(H,3,4)/t31-,35+,37-,39-,40?;33-,35+,36+,38+,39?;/m01./s1. The van der Waals surface area contributed by atoms with Crippen LogP contribution in [0.2, 0.25) is 0 Å². The van der Waals surface area contributed by atoms with Crippen LogP contribution < -0.4 is 49.8 Å². The van der Waals surface area contributed by atoms with Crippen molar-refractivity contribution in [2.75, 3.05) is 26.2 Å². The van der Waals surface area contributed by atoms with Gasteiger partial charge in [-0.15, -0.1) is 0 Å². The topological polar surface area (TPSA) is 469 Å². The number of hydrogen-bond acceptors (Lipinski definition) is 18. The molecule has 2 aromatic heterocycles. The summed E-state index contributed by atoms with van der Waals surface area (Å²) in [5.74, 6) is -6.82. The van der Waals surface area contributed by atoms with Gasteiger partial charge in [0.1, 0.15) is 30.2 Å². The summed E-state index contributed by atoms with van der Waals surface area (Å²) in [5, 5.41) is 17.9. The molecule has 6 fully saturated rings. The van der Waals surface area contributed by atoms with Crippen molar-refractivity contribution in [3.05, 3.63) is 212 Å². The summed E-state index contributed by atoms with van der Waals surface area (Å²) in [6, 6.07) is 43.4. The number of aliphatic carboxylic acids is 1. The number of benzene rings is 6. The molecule has 10 atom stereocenters. The number of carbonyl (C=O) groups excluding carboxylic acids is 14. The number of amides is 12. The van der Waals surface area contributed by atoms with Crippen molar-refractivity contribution in [3.63, 3.8) is 0 Å². The number of nitrogens with one attached hydrogen (secondary N) is 4. The third-order valence-electron chi connectivity index (χ3n) is 26.4. The molecule has 0 radical (unpaired) electrons. The highest BCUT2D eigenvalue weighted by Crippen LogP contribution is 2.37. The Bertz CT molecular complexity index is 5270. The van der Waals surface area contributed by atoms with E-state index < -0.39 is 95.5 Å². The van der Waals surface area contributed by atoms with E-state index in [1.165, 1.54) is 18.3 Å². The quantitative estimate of drug-likeness (QED) is 0.0146. The van der Waals surface area contributed by atoms with Gasteiger partial charge in [0.2, 0.25) is 70.9 Å². The second-order valence-corrected chi connectivity index (χ2v) is 35.6. The summed E-state index contributed by atoms with van der Waals surface area (Å²) in [6.45, 7) is 3.98. The monoisotopic (exact) mass is 1810 g/mol. The summed E-state index contributed by atoms with van der Waals surface area (Å²) >= 11 is 0. The van der Waals surface area contributed by atoms with Gasteiger partial charge in [0.25, 0.3) is 5.97 Å². The van der Waals surface area contributed by atoms with Crippen LogP contribution in [0.25, 0.3) is 22.1 Å². The van der Waals surface area contributed by atoms with Gasteiger partial charge in [-0.2, -0.15) is 0 Å². The Hall–Kier alpha value is -13.3. The molecule has 12 amide bonds. The van der Waals surface area contributed by atoms with Gasteiger partial charge in [-0.3, -0.25) is 101 Å². The first-order chi connectivity index (χ1) is 63.3. The van der Waals surface area contributed by atoms with E-state index in [2.05, 4.69) is 21.3 Å². The second kappa shape index (κ2) is 45.5. The number of imide groups is 2. The van der Waals surface area contributed by atoms with Gasteiger partial charge in [0.15, 0.2) is 11.6 Å². The lowest BCUT2D eigenvalue weighted by molar-refractivity contribution is -0.147. The molecule has 0 saturated carbocycles. The zero-order valence-electron chi connectivity index (χ0n) is 75.3. The summed E-state index contributed by atoms with van der Waals surface area (Å²) in [6.07, 6.45) is 10.5.